The standard InChI is InChI=1S/C19H22N4O3/c1-22-13-19(26-18(22)25)7-4-11-23(12-8-19)17(24)15-6-3-2-5-14(15)16-20-9-10-21-16/h2-3,5-6,9-10H,4,7-8,11-13H2,1H3,(H,20,21)/t19-/m1/s1. The monoisotopic (exact) mass is 354 g/mol. The van der Waals surface area contributed by atoms with E-state index in [0.29, 0.717) is 37.4 Å². The Bertz CT molecular complexity index is 820. The average molecular weight is 354 g/mol. The summed E-state index contributed by atoms with van der Waals surface area (Å²) < 4.78 is 5.63. The van der Waals surface area contributed by atoms with Gasteiger partial charge in [0.15, 0.2) is 0 Å². The third-order valence-electron chi connectivity index (χ3n) is 5.24. The van der Waals surface area contributed by atoms with E-state index in [1.807, 2.05) is 29.2 Å². The van der Waals surface area contributed by atoms with Crippen LogP contribution in [0.25, 0.3) is 11.4 Å². The summed E-state index contributed by atoms with van der Waals surface area (Å²) in [7, 11) is 1.75. The van der Waals surface area contributed by atoms with Gasteiger partial charge >= 0.3 is 6.09 Å². The van der Waals surface area contributed by atoms with Crippen molar-refractivity contribution in [3.8, 4) is 11.4 Å². The Morgan fingerprint density at radius 3 is 2.85 bits per heavy atom. The largest absolute Gasteiger partial charge is 0.441 e. The number of aromatic nitrogens is 2. The highest BCUT2D eigenvalue weighted by molar-refractivity contribution is 6.00. The molecule has 0 saturated carbocycles. The van der Waals surface area contributed by atoms with Crippen LogP contribution < -0.4 is 0 Å². The number of amides is 2. The van der Waals surface area contributed by atoms with E-state index in [2.05, 4.69) is 9.97 Å². The molecule has 26 heavy (non-hydrogen) atoms. The Morgan fingerprint density at radius 2 is 2.12 bits per heavy atom. The number of likely N-dealkylation sites (N-methyl/N-ethyl adjacent to an activating group) is 1. The van der Waals surface area contributed by atoms with Gasteiger partial charge < -0.3 is 19.5 Å². The molecule has 0 unspecified atom stereocenters. The molecule has 2 fully saturated rings. The molecule has 2 aromatic rings. The third-order valence-corrected chi connectivity index (χ3v) is 5.24. The van der Waals surface area contributed by atoms with Gasteiger partial charge in [0, 0.05) is 44.5 Å². The van der Waals surface area contributed by atoms with Crippen molar-refractivity contribution in [3.63, 3.8) is 0 Å². The summed E-state index contributed by atoms with van der Waals surface area (Å²) in [6.45, 7) is 1.83. The topological polar surface area (TPSA) is 78.5 Å². The average Bonchev–Trinajstić information content (AvgIpc) is 3.21. The zero-order chi connectivity index (χ0) is 18.1. The lowest BCUT2D eigenvalue weighted by molar-refractivity contribution is 0.0439. The predicted molar refractivity (Wildman–Crippen MR) is 95.6 cm³/mol. The maximum Gasteiger partial charge on any atom is 0.410 e. The van der Waals surface area contributed by atoms with Gasteiger partial charge in [-0.2, -0.15) is 0 Å². The number of benzene rings is 1. The lowest BCUT2D eigenvalue weighted by Crippen LogP contribution is -2.37. The summed E-state index contributed by atoms with van der Waals surface area (Å²) in [6.07, 6.45) is 5.42. The van der Waals surface area contributed by atoms with Crippen LogP contribution in [0.2, 0.25) is 0 Å². The summed E-state index contributed by atoms with van der Waals surface area (Å²) in [5.74, 6) is 0.679. The van der Waals surface area contributed by atoms with Crippen LogP contribution in [0.4, 0.5) is 4.79 Å². The lowest BCUT2D eigenvalue weighted by Gasteiger charge is -2.25. The summed E-state index contributed by atoms with van der Waals surface area (Å²) in [4.78, 5) is 35.8. The molecule has 7 nitrogen and oxygen atoms in total. The van der Waals surface area contributed by atoms with Crippen molar-refractivity contribution < 1.29 is 14.3 Å². The van der Waals surface area contributed by atoms with Crippen molar-refractivity contribution in [2.75, 3.05) is 26.7 Å². The molecule has 136 valence electrons. The molecule has 0 aliphatic carbocycles. The van der Waals surface area contributed by atoms with Gasteiger partial charge in [-0.15, -0.1) is 0 Å². The molecule has 1 N–H and O–H groups in total. The zero-order valence-electron chi connectivity index (χ0n) is 14.8. The van der Waals surface area contributed by atoms with E-state index < -0.39 is 5.60 Å². The number of rotatable bonds is 2. The number of nitrogens with one attached hydrogen (secondary N) is 1. The van der Waals surface area contributed by atoms with Gasteiger partial charge in [0.05, 0.1) is 12.1 Å². The van der Waals surface area contributed by atoms with Gasteiger partial charge in [-0.1, -0.05) is 18.2 Å². The van der Waals surface area contributed by atoms with Gasteiger partial charge in [0.1, 0.15) is 11.4 Å². The minimum Gasteiger partial charge on any atom is -0.441 e. The highest BCUT2D eigenvalue weighted by Crippen LogP contribution is 2.33. The van der Waals surface area contributed by atoms with Crippen molar-refractivity contribution in [1.29, 1.82) is 0 Å². The quantitative estimate of drug-likeness (QED) is 0.899. The van der Waals surface area contributed by atoms with Crippen molar-refractivity contribution in [2.45, 2.75) is 24.9 Å². The number of hydrogen-bond acceptors (Lipinski definition) is 4. The number of likely N-dealkylation sites (tertiary alicyclic amines) is 1. The maximum atomic E-state index is 13.2. The van der Waals surface area contributed by atoms with Crippen molar-refractivity contribution in [2.24, 2.45) is 0 Å². The van der Waals surface area contributed by atoms with Gasteiger partial charge in [-0.3, -0.25) is 4.79 Å². The summed E-state index contributed by atoms with van der Waals surface area (Å²) in [6, 6.07) is 7.51. The van der Waals surface area contributed by atoms with Gasteiger partial charge in [-0.25, -0.2) is 9.78 Å². The molecule has 3 heterocycles. The minimum absolute atomic E-state index is 0.00766. The number of imidazole rings is 1. The molecule has 4 rings (SSSR count). The molecule has 1 aromatic heterocycles. The Hall–Kier alpha value is -2.83. The van der Waals surface area contributed by atoms with E-state index in [1.54, 1.807) is 24.3 Å². The van der Waals surface area contributed by atoms with Crippen LogP contribution in [0.3, 0.4) is 0 Å². The first kappa shape index (κ1) is 16.6. The second-order valence-electron chi connectivity index (χ2n) is 7.04. The molecular weight excluding hydrogens is 332 g/mol. The van der Waals surface area contributed by atoms with Crippen LogP contribution >= 0.6 is 0 Å². The number of H-pyrrole nitrogens is 1. The number of carbonyl (C=O) groups excluding carboxylic acids is 2. The molecule has 1 aromatic carbocycles. The molecule has 1 atom stereocenters. The third kappa shape index (κ3) is 2.94. The fourth-order valence-corrected chi connectivity index (χ4v) is 3.88. The fraction of sp³-hybridized carbons (Fsp3) is 0.421. The fourth-order valence-electron chi connectivity index (χ4n) is 3.88. The van der Waals surface area contributed by atoms with E-state index >= 15 is 0 Å². The first-order chi connectivity index (χ1) is 12.6. The first-order valence-corrected chi connectivity index (χ1v) is 8.90. The molecule has 2 aliphatic heterocycles. The van der Waals surface area contributed by atoms with Crippen LogP contribution in [0.5, 0.6) is 0 Å². The molecule has 7 heteroatoms. The second-order valence-corrected chi connectivity index (χ2v) is 7.04. The number of hydrogen-bond donors (Lipinski definition) is 1. The van der Waals surface area contributed by atoms with E-state index in [-0.39, 0.29) is 12.0 Å². The molecule has 1 spiro atoms. The zero-order valence-corrected chi connectivity index (χ0v) is 14.8. The van der Waals surface area contributed by atoms with Gasteiger partial charge in [0.25, 0.3) is 5.91 Å². The molecular formula is C19H22N4O3. The minimum atomic E-state index is -0.457. The SMILES string of the molecule is CN1C[C@]2(CCCN(C(=O)c3ccccc3-c3ncc[nH]3)CC2)OC1=O. The summed E-state index contributed by atoms with van der Waals surface area (Å²) in [5, 5.41) is 0. The Morgan fingerprint density at radius 1 is 1.27 bits per heavy atom. The number of aromatic amines is 1. The highest BCUT2D eigenvalue weighted by atomic mass is 16.6. The number of carbonyl (C=O) groups is 2. The summed E-state index contributed by atoms with van der Waals surface area (Å²) >= 11 is 0. The number of nitrogens with zero attached hydrogens (tertiary/aromatic N) is 3. The lowest BCUT2D eigenvalue weighted by atomic mass is 9.95. The van der Waals surface area contributed by atoms with Crippen molar-refractivity contribution >= 4 is 12.0 Å². The van der Waals surface area contributed by atoms with Gasteiger partial charge in [-0.05, 0) is 18.9 Å². The Balaban J connectivity index is 1.54. The van der Waals surface area contributed by atoms with Crippen LogP contribution in [0, 0.1) is 0 Å². The maximum absolute atomic E-state index is 13.2. The smallest absolute Gasteiger partial charge is 0.410 e. The molecule has 2 amide bonds. The van der Waals surface area contributed by atoms with E-state index in [9.17, 15) is 9.59 Å². The van der Waals surface area contributed by atoms with Crippen LogP contribution in [-0.4, -0.2) is 64.1 Å². The van der Waals surface area contributed by atoms with Crippen LogP contribution in [0.1, 0.15) is 29.6 Å². The Labute approximate surface area is 152 Å². The van der Waals surface area contributed by atoms with E-state index in [0.717, 1.165) is 18.4 Å². The second kappa shape index (κ2) is 6.48. The van der Waals surface area contributed by atoms with Crippen molar-refractivity contribution in [1.82, 2.24) is 19.8 Å². The molecule has 0 bridgehead atoms. The molecule has 0 radical (unpaired) electrons. The molecule has 2 aliphatic rings. The highest BCUT2D eigenvalue weighted by Gasteiger charge is 2.44. The van der Waals surface area contributed by atoms with Gasteiger partial charge in [0.2, 0.25) is 0 Å². The van der Waals surface area contributed by atoms with E-state index in [1.165, 1.54) is 0 Å². The summed E-state index contributed by atoms with van der Waals surface area (Å²) in [5.41, 5.74) is 0.980. The number of ether oxygens (including phenoxy) is 1. The molecule has 2 saturated heterocycles. The van der Waals surface area contributed by atoms with Crippen LogP contribution in [0.15, 0.2) is 36.7 Å². The van der Waals surface area contributed by atoms with Crippen LogP contribution in [-0.2, 0) is 4.74 Å². The Kier molecular flexibility index (Phi) is 4.14. The first-order valence-electron chi connectivity index (χ1n) is 8.90. The predicted octanol–water partition coefficient (Wildman–Crippen LogP) is 2.52. The van der Waals surface area contributed by atoms with Crippen molar-refractivity contribution in [3.05, 3.63) is 42.2 Å². The van der Waals surface area contributed by atoms with E-state index in [4.69, 9.17) is 4.74 Å². The normalized spacial score (nSPS) is 23.2.